The molecule has 1 aromatic rings. The molecule has 1 atom stereocenters. The van der Waals surface area contributed by atoms with Gasteiger partial charge in [0.1, 0.15) is 0 Å². The van der Waals surface area contributed by atoms with Crippen molar-refractivity contribution in [3.63, 3.8) is 0 Å². The summed E-state index contributed by atoms with van der Waals surface area (Å²) in [6.45, 7) is 2.52. The molecule has 1 aliphatic heterocycles. The Kier molecular flexibility index (Phi) is 4.30. The molecule has 1 aromatic carbocycles. The van der Waals surface area contributed by atoms with Gasteiger partial charge in [0.05, 0.1) is 5.75 Å². The third-order valence-electron chi connectivity index (χ3n) is 3.26. The number of nitrogens with zero attached hydrogens (tertiary/aromatic N) is 1. The average Bonchev–Trinajstić information content (AvgIpc) is 2.78. The van der Waals surface area contributed by atoms with Gasteiger partial charge in [-0.2, -0.15) is 4.31 Å². The van der Waals surface area contributed by atoms with Gasteiger partial charge in [0.25, 0.3) is 0 Å². The largest absolute Gasteiger partial charge is 0.214 e. The zero-order chi connectivity index (χ0) is 13.2. The van der Waals surface area contributed by atoms with Crippen LogP contribution in [0, 0.1) is 0 Å². The van der Waals surface area contributed by atoms with E-state index in [4.69, 9.17) is 11.6 Å². The van der Waals surface area contributed by atoms with Crippen molar-refractivity contribution < 1.29 is 8.42 Å². The van der Waals surface area contributed by atoms with Gasteiger partial charge < -0.3 is 0 Å². The van der Waals surface area contributed by atoms with E-state index in [2.05, 4.69) is 0 Å². The molecule has 0 aliphatic carbocycles. The summed E-state index contributed by atoms with van der Waals surface area (Å²) < 4.78 is 26.0. The van der Waals surface area contributed by atoms with E-state index in [9.17, 15) is 8.42 Å². The lowest BCUT2D eigenvalue weighted by atomic mass is 10.1. The van der Waals surface area contributed by atoms with Crippen molar-refractivity contribution in [1.82, 2.24) is 4.31 Å². The Morgan fingerprint density at radius 3 is 2.89 bits per heavy atom. The first kappa shape index (κ1) is 13.8. The van der Waals surface area contributed by atoms with Gasteiger partial charge in [-0.05, 0) is 37.0 Å². The maximum absolute atomic E-state index is 12.2. The summed E-state index contributed by atoms with van der Waals surface area (Å²) in [5, 5.41) is 0.659. The van der Waals surface area contributed by atoms with Gasteiger partial charge in [0.2, 0.25) is 10.0 Å². The second kappa shape index (κ2) is 5.59. The van der Waals surface area contributed by atoms with Crippen molar-refractivity contribution >= 4 is 21.6 Å². The normalized spacial score (nSPS) is 21.3. The minimum Gasteiger partial charge on any atom is -0.212 e. The van der Waals surface area contributed by atoms with Gasteiger partial charge in [0, 0.05) is 17.6 Å². The Balaban J connectivity index is 2.28. The van der Waals surface area contributed by atoms with Crippen LogP contribution in [-0.2, 0) is 10.0 Å². The number of benzene rings is 1. The molecule has 5 heteroatoms. The van der Waals surface area contributed by atoms with Gasteiger partial charge in [-0.1, -0.05) is 30.7 Å². The molecule has 2 rings (SSSR count). The van der Waals surface area contributed by atoms with E-state index in [0.29, 0.717) is 18.0 Å². The molecule has 1 unspecified atom stereocenters. The number of halogens is 1. The molecular weight excluding hydrogens is 270 g/mol. The highest BCUT2D eigenvalue weighted by Gasteiger charge is 2.34. The van der Waals surface area contributed by atoms with Gasteiger partial charge in [-0.25, -0.2) is 8.42 Å². The minimum atomic E-state index is -3.13. The average molecular weight is 288 g/mol. The Hall–Kier alpha value is -0.580. The number of rotatable bonds is 4. The first-order valence-corrected chi connectivity index (χ1v) is 8.28. The number of hydrogen-bond donors (Lipinski definition) is 0. The molecule has 0 aromatic heterocycles. The molecule has 1 saturated heterocycles. The molecule has 0 spiro atoms. The standard InChI is InChI=1S/C13H18ClNO2S/c1-2-9-18(16,17)15-8-4-7-13(15)11-5-3-6-12(14)10-11/h3,5-6,10,13H,2,4,7-9H2,1H3. The smallest absolute Gasteiger partial charge is 0.212 e. The topological polar surface area (TPSA) is 37.4 Å². The third kappa shape index (κ3) is 2.87. The molecule has 0 N–H and O–H groups in total. The van der Waals surface area contributed by atoms with E-state index in [1.807, 2.05) is 31.2 Å². The summed E-state index contributed by atoms with van der Waals surface area (Å²) in [7, 11) is -3.13. The summed E-state index contributed by atoms with van der Waals surface area (Å²) in [5.74, 6) is 0.226. The van der Waals surface area contributed by atoms with Crippen LogP contribution in [0.5, 0.6) is 0 Å². The van der Waals surface area contributed by atoms with Crippen molar-refractivity contribution in [3.05, 3.63) is 34.9 Å². The van der Waals surface area contributed by atoms with Gasteiger partial charge in [-0.3, -0.25) is 0 Å². The van der Waals surface area contributed by atoms with Crippen molar-refractivity contribution in [1.29, 1.82) is 0 Å². The van der Waals surface area contributed by atoms with Crippen LogP contribution in [0.4, 0.5) is 0 Å². The lowest BCUT2D eigenvalue weighted by Gasteiger charge is -2.24. The first-order valence-electron chi connectivity index (χ1n) is 6.29. The lowest BCUT2D eigenvalue weighted by molar-refractivity contribution is 0.396. The predicted octanol–water partition coefficient (Wildman–Crippen LogP) is 3.22. The summed E-state index contributed by atoms with van der Waals surface area (Å²) in [4.78, 5) is 0. The van der Waals surface area contributed by atoms with Gasteiger partial charge in [0.15, 0.2) is 0 Å². The van der Waals surface area contributed by atoms with E-state index < -0.39 is 10.0 Å². The molecular formula is C13H18ClNO2S. The minimum absolute atomic E-state index is 0.0414. The van der Waals surface area contributed by atoms with E-state index >= 15 is 0 Å². The summed E-state index contributed by atoms with van der Waals surface area (Å²) in [6, 6.07) is 7.47. The van der Waals surface area contributed by atoms with Gasteiger partial charge in [-0.15, -0.1) is 0 Å². The second-order valence-electron chi connectivity index (χ2n) is 4.64. The molecule has 0 bridgehead atoms. The van der Waals surface area contributed by atoms with Crippen LogP contribution in [-0.4, -0.2) is 25.0 Å². The maximum Gasteiger partial charge on any atom is 0.214 e. The number of hydrogen-bond acceptors (Lipinski definition) is 2. The Labute approximate surface area is 114 Å². The molecule has 0 radical (unpaired) electrons. The molecule has 100 valence electrons. The first-order chi connectivity index (χ1) is 8.54. The molecule has 18 heavy (non-hydrogen) atoms. The van der Waals surface area contributed by atoms with Crippen molar-refractivity contribution in [3.8, 4) is 0 Å². The summed E-state index contributed by atoms with van der Waals surface area (Å²) in [5.41, 5.74) is 1.000. The fourth-order valence-corrected chi connectivity index (χ4v) is 4.47. The lowest BCUT2D eigenvalue weighted by Crippen LogP contribution is -2.32. The van der Waals surface area contributed by atoms with Crippen LogP contribution in [0.15, 0.2) is 24.3 Å². The van der Waals surface area contributed by atoms with E-state index in [-0.39, 0.29) is 11.8 Å². The molecule has 1 aliphatic rings. The highest BCUT2D eigenvalue weighted by atomic mass is 35.5. The van der Waals surface area contributed by atoms with E-state index in [1.54, 1.807) is 4.31 Å². The molecule has 3 nitrogen and oxygen atoms in total. The van der Waals surface area contributed by atoms with Gasteiger partial charge >= 0.3 is 0 Å². The Morgan fingerprint density at radius 1 is 1.44 bits per heavy atom. The van der Waals surface area contributed by atoms with Crippen molar-refractivity contribution in [2.45, 2.75) is 32.2 Å². The monoisotopic (exact) mass is 287 g/mol. The Morgan fingerprint density at radius 2 is 2.22 bits per heavy atom. The summed E-state index contributed by atoms with van der Waals surface area (Å²) >= 11 is 5.98. The fourth-order valence-electron chi connectivity index (χ4n) is 2.50. The van der Waals surface area contributed by atoms with Crippen LogP contribution < -0.4 is 0 Å². The Bertz CT molecular complexity index is 515. The summed E-state index contributed by atoms with van der Waals surface area (Å²) in [6.07, 6.45) is 2.45. The van der Waals surface area contributed by atoms with Crippen LogP contribution in [0.25, 0.3) is 0 Å². The predicted molar refractivity (Wildman–Crippen MR) is 74.2 cm³/mol. The molecule has 1 fully saturated rings. The zero-order valence-corrected chi connectivity index (χ0v) is 12.0. The molecule has 0 saturated carbocycles. The van der Waals surface area contributed by atoms with Crippen LogP contribution >= 0.6 is 11.6 Å². The molecule has 0 amide bonds. The fraction of sp³-hybridized carbons (Fsp3) is 0.538. The van der Waals surface area contributed by atoms with E-state index in [1.165, 1.54) is 0 Å². The van der Waals surface area contributed by atoms with Crippen LogP contribution in [0.2, 0.25) is 5.02 Å². The quantitative estimate of drug-likeness (QED) is 0.853. The van der Waals surface area contributed by atoms with Crippen molar-refractivity contribution in [2.75, 3.05) is 12.3 Å². The second-order valence-corrected chi connectivity index (χ2v) is 7.12. The highest BCUT2D eigenvalue weighted by Crippen LogP contribution is 2.35. The SMILES string of the molecule is CCCS(=O)(=O)N1CCCC1c1cccc(Cl)c1. The third-order valence-corrected chi connectivity index (χ3v) is 5.57. The van der Waals surface area contributed by atoms with Crippen molar-refractivity contribution in [2.24, 2.45) is 0 Å². The van der Waals surface area contributed by atoms with Crippen LogP contribution in [0.3, 0.4) is 0 Å². The zero-order valence-electron chi connectivity index (χ0n) is 10.5. The maximum atomic E-state index is 12.2. The van der Waals surface area contributed by atoms with E-state index in [0.717, 1.165) is 18.4 Å². The highest BCUT2D eigenvalue weighted by molar-refractivity contribution is 7.89. The number of sulfonamides is 1. The van der Waals surface area contributed by atoms with Crippen LogP contribution in [0.1, 0.15) is 37.8 Å². The molecule has 1 heterocycles.